The van der Waals surface area contributed by atoms with E-state index in [4.69, 9.17) is 0 Å². The second-order valence-electron chi connectivity index (χ2n) is 4.41. The molecule has 3 rings (SSSR count). The third kappa shape index (κ3) is 2.03. The highest BCUT2D eigenvalue weighted by molar-refractivity contribution is 6.26. The Kier molecular flexibility index (Phi) is 2.95. The van der Waals surface area contributed by atoms with Gasteiger partial charge in [-0.15, -0.1) is 0 Å². The molecule has 2 aromatic carbocycles. The summed E-state index contributed by atoms with van der Waals surface area (Å²) in [5.74, 6) is -0.856. The van der Waals surface area contributed by atoms with Crippen LogP contribution in [0.2, 0.25) is 0 Å². The molecule has 0 atom stereocenters. The molecule has 20 heavy (non-hydrogen) atoms. The van der Waals surface area contributed by atoms with Crippen LogP contribution in [-0.4, -0.2) is 18.5 Å². The van der Waals surface area contributed by atoms with Crippen molar-refractivity contribution >= 4 is 23.3 Å². The molecule has 2 aromatic rings. The molecular formula is C15H11FN2O2. The van der Waals surface area contributed by atoms with Crippen molar-refractivity contribution in [3.63, 3.8) is 0 Å². The highest BCUT2D eigenvalue weighted by Gasteiger charge is 2.37. The van der Waals surface area contributed by atoms with Gasteiger partial charge in [-0.05, 0) is 30.3 Å². The highest BCUT2D eigenvalue weighted by atomic mass is 19.1. The molecule has 0 N–H and O–H groups in total. The maximum absolute atomic E-state index is 13.2. The zero-order valence-corrected chi connectivity index (χ0v) is 10.5. The number of carbonyl (C=O) groups is 2. The van der Waals surface area contributed by atoms with Crippen LogP contribution >= 0.6 is 0 Å². The number of carbonyl (C=O) groups excluding carboxylic acids is 2. The molecule has 1 saturated heterocycles. The van der Waals surface area contributed by atoms with Crippen molar-refractivity contribution in [1.29, 1.82) is 0 Å². The Labute approximate surface area is 115 Å². The number of para-hydroxylation sites is 1. The second kappa shape index (κ2) is 4.77. The molecule has 1 fully saturated rings. The molecule has 0 saturated carbocycles. The summed E-state index contributed by atoms with van der Waals surface area (Å²) in [4.78, 5) is 26.7. The lowest BCUT2D eigenvalue weighted by molar-refractivity contribution is -0.115. The number of anilines is 2. The predicted molar refractivity (Wildman–Crippen MR) is 73.1 cm³/mol. The van der Waals surface area contributed by atoms with E-state index in [1.807, 2.05) is 6.07 Å². The van der Waals surface area contributed by atoms with E-state index in [1.165, 1.54) is 29.2 Å². The smallest absolute Gasteiger partial charge is 0.284 e. The maximum atomic E-state index is 13.2. The van der Waals surface area contributed by atoms with E-state index in [0.717, 1.165) is 4.90 Å². The molecule has 0 unspecified atom stereocenters. The van der Waals surface area contributed by atoms with Gasteiger partial charge in [-0.25, -0.2) is 14.1 Å². The Balaban J connectivity index is 1.95. The SMILES string of the molecule is O=C1CN(c2ccccc2)C(=O)N1c1cccc(F)c1. The first-order valence-corrected chi connectivity index (χ1v) is 6.12. The minimum Gasteiger partial charge on any atom is -0.284 e. The van der Waals surface area contributed by atoms with E-state index in [-0.39, 0.29) is 18.1 Å². The third-order valence-electron chi connectivity index (χ3n) is 3.10. The quantitative estimate of drug-likeness (QED) is 0.787. The first-order chi connectivity index (χ1) is 9.66. The van der Waals surface area contributed by atoms with Crippen molar-refractivity contribution in [1.82, 2.24) is 0 Å². The fourth-order valence-electron chi connectivity index (χ4n) is 2.18. The van der Waals surface area contributed by atoms with Gasteiger partial charge in [0.15, 0.2) is 0 Å². The fraction of sp³-hybridized carbons (Fsp3) is 0.0667. The van der Waals surface area contributed by atoms with Crippen LogP contribution in [0.5, 0.6) is 0 Å². The van der Waals surface area contributed by atoms with Crippen LogP contribution in [0.1, 0.15) is 0 Å². The van der Waals surface area contributed by atoms with Crippen LogP contribution in [0.15, 0.2) is 54.6 Å². The van der Waals surface area contributed by atoms with Crippen LogP contribution < -0.4 is 9.80 Å². The summed E-state index contributed by atoms with van der Waals surface area (Å²) in [7, 11) is 0. The number of halogens is 1. The lowest BCUT2D eigenvalue weighted by atomic mass is 10.3. The Morgan fingerprint density at radius 1 is 0.900 bits per heavy atom. The van der Waals surface area contributed by atoms with Gasteiger partial charge in [0.05, 0.1) is 5.69 Å². The van der Waals surface area contributed by atoms with Gasteiger partial charge in [0.2, 0.25) is 0 Å². The van der Waals surface area contributed by atoms with Crippen molar-refractivity contribution in [2.24, 2.45) is 0 Å². The van der Waals surface area contributed by atoms with Gasteiger partial charge in [-0.2, -0.15) is 0 Å². The number of hydrogen-bond donors (Lipinski definition) is 0. The minimum absolute atomic E-state index is 0.0423. The Bertz CT molecular complexity index is 673. The number of amides is 3. The molecule has 0 bridgehead atoms. The van der Waals surface area contributed by atoms with Crippen LogP contribution in [-0.2, 0) is 4.79 Å². The normalized spacial score (nSPS) is 15.1. The van der Waals surface area contributed by atoms with Crippen molar-refractivity contribution in [3.05, 3.63) is 60.4 Å². The second-order valence-corrected chi connectivity index (χ2v) is 4.41. The minimum atomic E-state index is -0.485. The molecular weight excluding hydrogens is 259 g/mol. The van der Waals surface area contributed by atoms with Crippen molar-refractivity contribution in [2.75, 3.05) is 16.3 Å². The van der Waals surface area contributed by atoms with Crippen molar-refractivity contribution < 1.29 is 14.0 Å². The van der Waals surface area contributed by atoms with Crippen LogP contribution in [0.25, 0.3) is 0 Å². The van der Waals surface area contributed by atoms with Gasteiger partial charge < -0.3 is 0 Å². The summed E-state index contributed by atoms with van der Waals surface area (Å²) in [6.07, 6.45) is 0. The monoisotopic (exact) mass is 270 g/mol. The van der Waals surface area contributed by atoms with Gasteiger partial charge in [-0.3, -0.25) is 9.69 Å². The molecule has 1 aliphatic rings. The van der Waals surface area contributed by atoms with E-state index in [1.54, 1.807) is 24.3 Å². The molecule has 0 aromatic heterocycles. The summed E-state index contributed by atoms with van der Waals surface area (Å²) in [6.45, 7) is -0.0423. The molecule has 3 amide bonds. The number of urea groups is 1. The first kappa shape index (κ1) is 12.3. The van der Waals surface area contributed by atoms with Crippen LogP contribution in [0.4, 0.5) is 20.6 Å². The summed E-state index contributed by atoms with van der Waals surface area (Å²) in [5.41, 5.74) is 0.892. The largest absolute Gasteiger partial charge is 0.336 e. The first-order valence-electron chi connectivity index (χ1n) is 6.12. The topological polar surface area (TPSA) is 40.6 Å². The van der Waals surface area contributed by atoms with Crippen LogP contribution in [0, 0.1) is 5.82 Å². The van der Waals surface area contributed by atoms with Gasteiger partial charge >= 0.3 is 6.03 Å². The molecule has 0 spiro atoms. The molecule has 0 radical (unpaired) electrons. The number of rotatable bonds is 2. The van der Waals surface area contributed by atoms with E-state index in [9.17, 15) is 14.0 Å². The Hall–Kier alpha value is -2.69. The summed E-state index contributed by atoms with van der Waals surface area (Å²) < 4.78 is 13.2. The highest BCUT2D eigenvalue weighted by Crippen LogP contribution is 2.26. The van der Waals surface area contributed by atoms with Gasteiger partial charge in [-0.1, -0.05) is 24.3 Å². The molecule has 1 heterocycles. The van der Waals surface area contributed by atoms with Gasteiger partial charge in [0, 0.05) is 5.69 Å². The zero-order chi connectivity index (χ0) is 14.1. The number of nitrogens with zero attached hydrogens (tertiary/aromatic N) is 2. The van der Waals surface area contributed by atoms with E-state index in [0.29, 0.717) is 5.69 Å². The van der Waals surface area contributed by atoms with E-state index < -0.39 is 11.8 Å². The molecule has 1 aliphatic heterocycles. The Morgan fingerprint density at radius 2 is 1.60 bits per heavy atom. The van der Waals surface area contributed by atoms with Crippen LogP contribution in [0.3, 0.4) is 0 Å². The lowest BCUT2D eigenvalue weighted by Gasteiger charge is -2.17. The Morgan fingerprint density at radius 3 is 2.30 bits per heavy atom. The predicted octanol–water partition coefficient (Wildman–Crippen LogP) is 2.80. The molecule has 5 heteroatoms. The standard InChI is InChI=1S/C15H11FN2O2/c16-11-5-4-8-13(9-11)18-14(19)10-17(15(18)20)12-6-2-1-3-7-12/h1-9H,10H2. The zero-order valence-electron chi connectivity index (χ0n) is 10.5. The van der Waals surface area contributed by atoms with E-state index >= 15 is 0 Å². The van der Waals surface area contributed by atoms with Crippen molar-refractivity contribution in [3.8, 4) is 0 Å². The summed E-state index contributed by atoms with van der Waals surface area (Å²) in [5, 5.41) is 0. The third-order valence-corrected chi connectivity index (χ3v) is 3.10. The fourth-order valence-corrected chi connectivity index (χ4v) is 2.18. The average molecular weight is 270 g/mol. The molecule has 0 aliphatic carbocycles. The summed E-state index contributed by atoms with van der Waals surface area (Å²) in [6, 6.07) is 13.9. The van der Waals surface area contributed by atoms with E-state index in [2.05, 4.69) is 0 Å². The van der Waals surface area contributed by atoms with Gasteiger partial charge in [0.25, 0.3) is 5.91 Å². The molecule has 100 valence electrons. The van der Waals surface area contributed by atoms with Gasteiger partial charge in [0.1, 0.15) is 12.4 Å². The lowest BCUT2D eigenvalue weighted by Crippen LogP contribution is -2.33. The average Bonchev–Trinajstić information content (AvgIpc) is 2.75. The summed E-state index contributed by atoms with van der Waals surface area (Å²) >= 11 is 0. The number of imide groups is 1. The number of benzene rings is 2. The number of hydrogen-bond acceptors (Lipinski definition) is 2. The maximum Gasteiger partial charge on any atom is 0.336 e. The van der Waals surface area contributed by atoms with Crippen molar-refractivity contribution in [2.45, 2.75) is 0 Å². The molecule has 4 nitrogen and oxygen atoms in total.